The van der Waals surface area contributed by atoms with Gasteiger partial charge in [-0.2, -0.15) is 0 Å². The van der Waals surface area contributed by atoms with E-state index in [4.69, 9.17) is 22.4 Å². The monoisotopic (exact) mass is 243 g/mol. The van der Waals surface area contributed by atoms with Crippen molar-refractivity contribution in [3.05, 3.63) is 28.8 Å². The zero-order valence-electron chi connectivity index (χ0n) is 9.16. The molecule has 3 N–H and O–H groups in total. The number of carbonyl (C=O) groups is 2. The summed E-state index contributed by atoms with van der Waals surface area (Å²) in [5, 5.41) is 8.63. The number of aliphatic carboxylic acids is 1. The minimum Gasteiger partial charge on any atom is -0.481 e. The number of hydrogen-bond donors (Lipinski definition) is 2. The van der Waals surface area contributed by atoms with Crippen LogP contribution in [0.3, 0.4) is 0 Å². The number of ketones is 1. The standard InChI is InChI=1S/C7H8ClN.C4H6O3/c1-5-4-6(9)2-3-7(5)8;1-3(5)2-4(6)7/h2-4H,9H2,1H3;2H2,1H3,(H,6,7). The van der Waals surface area contributed by atoms with Crippen LogP contribution in [0, 0.1) is 6.92 Å². The Morgan fingerprint density at radius 3 is 2.25 bits per heavy atom. The van der Waals surface area contributed by atoms with E-state index in [9.17, 15) is 9.59 Å². The number of Topliss-reactive ketones (excluding diaryl/α,β-unsaturated/α-hetero) is 1. The van der Waals surface area contributed by atoms with E-state index in [0.29, 0.717) is 0 Å². The van der Waals surface area contributed by atoms with Crippen LogP contribution in [0.15, 0.2) is 18.2 Å². The third kappa shape index (κ3) is 6.84. The fourth-order valence-electron chi connectivity index (χ4n) is 0.881. The molecule has 4 nitrogen and oxygen atoms in total. The largest absolute Gasteiger partial charge is 0.481 e. The number of rotatable bonds is 2. The highest BCUT2D eigenvalue weighted by atomic mass is 35.5. The fourth-order valence-corrected chi connectivity index (χ4v) is 0.998. The Morgan fingerprint density at radius 1 is 1.44 bits per heavy atom. The smallest absolute Gasteiger partial charge is 0.310 e. The second-order valence-electron chi connectivity index (χ2n) is 3.28. The number of nitrogen functional groups attached to an aromatic ring is 1. The number of carboxylic acid groups (broad SMARTS) is 1. The normalized spacial score (nSPS) is 8.94. The Balaban J connectivity index is 0.000000293. The summed E-state index contributed by atoms with van der Waals surface area (Å²) in [4.78, 5) is 19.5. The van der Waals surface area contributed by atoms with Crippen LogP contribution in [0.4, 0.5) is 5.69 Å². The maximum Gasteiger partial charge on any atom is 0.310 e. The molecule has 0 radical (unpaired) electrons. The van der Waals surface area contributed by atoms with Gasteiger partial charge in [0.25, 0.3) is 0 Å². The van der Waals surface area contributed by atoms with Crippen molar-refractivity contribution in [2.75, 3.05) is 5.73 Å². The lowest BCUT2D eigenvalue weighted by Crippen LogP contribution is -2.00. The molecule has 0 aliphatic rings. The van der Waals surface area contributed by atoms with E-state index in [1.54, 1.807) is 12.1 Å². The highest BCUT2D eigenvalue weighted by Gasteiger charge is 1.98. The van der Waals surface area contributed by atoms with Crippen LogP contribution < -0.4 is 5.73 Å². The molecular formula is C11H14ClNO3. The van der Waals surface area contributed by atoms with Gasteiger partial charge in [-0.15, -0.1) is 0 Å². The molecule has 16 heavy (non-hydrogen) atoms. The molecule has 0 saturated carbocycles. The lowest BCUT2D eigenvalue weighted by Gasteiger charge is -1.96. The van der Waals surface area contributed by atoms with Gasteiger partial charge in [-0.1, -0.05) is 11.6 Å². The van der Waals surface area contributed by atoms with E-state index in [-0.39, 0.29) is 12.2 Å². The van der Waals surface area contributed by atoms with Crippen molar-refractivity contribution in [3.8, 4) is 0 Å². The number of benzene rings is 1. The zero-order valence-corrected chi connectivity index (χ0v) is 9.91. The summed E-state index contributed by atoms with van der Waals surface area (Å²) in [5.74, 6) is -1.37. The van der Waals surface area contributed by atoms with Gasteiger partial charge >= 0.3 is 5.97 Å². The maximum absolute atomic E-state index is 9.87. The molecule has 0 fully saturated rings. The van der Waals surface area contributed by atoms with Gasteiger partial charge in [-0.3, -0.25) is 9.59 Å². The predicted octanol–water partition coefficient (Wildman–Crippen LogP) is 2.28. The van der Waals surface area contributed by atoms with Crippen LogP contribution in [-0.4, -0.2) is 16.9 Å². The minimum atomic E-state index is -1.06. The third-order valence-electron chi connectivity index (χ3n) is 1.58. The molecule has 0 bridgehead atoms. The Kier molecular flexibility index (Phi) is 6.18. The average molecular weight is 244 g/mol. The van der Waals surface area contributed by atoms with Crippen LogP contribution in [0.2, 0.25) is 5.02 Å². The summed E-state index contributed by atoms with van der Waals surface area (Å²) in [6.07, 6.45) is -0.361. The average Bonchev–Trinajstić information content (AvgIpc) is 2.10. The molecule has 0 atom stereocenters. The highest BCUT2D eigenvalue weighted by Crippen LogP contribution is 2.16. The molecule has 1 aromatic carbocycles. The van der Waals surface area contributed by atoms with Crippen LogP contribution in [0.5, 0.6) is 0 Å². The Hall–Kier alpha value is -1.55. The molecule has 0 heterocycles. The first-order valence-electron chi connectivity index (χ1n) is 4.55. The molecule has 0 unspecified atom stereocenters. The topological polar surface area (TPSA) is 80.4 Å². The van der Waals surface area contributed by atoms with E-state index in [1.807, 2.05) is 13.0 Å². The van der Waals surface area contributed by atoms with Gasteiger partial charge in [0.2, 0.25) is 0 Å². The summed E-state index contributed by atoms with van der Waals surface area (Å²) in [6.45, 7) is 3.17. The van der Waals surface area contributed by atoms with Crippen molar-refractivity contribution in [2.45, 2.75) is 20.3 Å². The molecule has 0 aliphatic carbocycles. The Bertz CT molecular complexity index is 379. The van der Waals surface area contributed by atoms with Crippen LogP contribution in [0.1, 0.15) is 18.9 Å². The molecule has 1 rings (SSSR count). The van der Waals surface area contributed by atoms with E-state index < -0.39 is 5.97 Å². The molecule has 1 aromatic rings. The molecule has 0 saturated heterocycles. The lowest BCUT2D eigenvalue weighted by molar-refractivity contribution is -0.139. The fraction of sp³-hybridized carbons (Fsp3) is 0.273. The van der Waals surface area contributed by atoms with Crippen LogP contribution in [-0.2, 0) is 9.59 Å². The summed E-state index contributed by atoms with van der Waals surface area (Å²) in [7, 11) is 0. The van der Waals surface area contributed by atoms with E-state index in [0.717, 1.165) is 16.3 Å². The number of aryl methyl sites for hydroxylation is 1. The number of halogens is 1. The van der Waals surface area contributed by atoms with Gasteiger partial charge in [0.1, 0.15) is 12.2 Å². The van der Waals surface area contributed by atoms with Crippen molar-refractivity contribution in [3.63, 3.8) is 0 Å². The second-order valence-corrected chi connectivity index (χ2v) is 3.69. The first kappa shape index (κ1) is 14.5. The van der Waals surface area contributed by atoms with Crippen molar-refractivity contribution in [1.29, 1.82) is 0 Å². The third-order valence-corrected chi connectivity index (χ3v) is 2.01. The lowest BCUT2D eigenvalue weighted by atomic mass is 10.2. The molecule has 88 valence electrons. The van der Waals surface area contributed by atoms with Gasteiger partial charge in [-0.05, 0) is 37.6 Å². The first-order chi connectivity index (χ1) is 7.32. The first-order valence-corrected chi connectivity index (χ1v) is 4.93. The second kappa shape index (κ2) is 6.85. The number of carbonyl (C=O) groups excluding carboxylic acids is 1. The van der Waals surface area contributed by atoms with Gasteiger partial charge in [-0.25, -0.2) is 0 Å². The van der Waals surface area contributed by atoms with E-state index >= 15 is 0 Å². The number of hydrogen-bond acceptors (Lipinski definition) is 3. The number of anilines is 1. The Labute approximate surface area is 99.0 Å². The molecule has 5 heteroatoms. The van der Waals surface area contributed by atoms with Crippen molar-refractivity contribution in [1.82, 2.24) is 0 Å². The molecule has 0 amide bonds. The quantitative estimate of drug-likeness (QED) is 0.617. The zero-order chi connectivity index (χ0) is 12.7. The van der Waals surface area contributed by atoms with E-state index in [1.165, 1.54) is 6.92 Å². The van der Waals surface area contributed by atoms with Crippen molar-refractivity contribution >= 4 is 29.0 Å². The molecule has 0 aliphatic heterocycles. The number of nitrogens with two attached hydrogens (primary N) is 1. The SMILES string of the molecule is CC(=O)CC(=O)O.Cc1cc(N)ccc1Cl. The summed E-state index contributed by atoms with van der Waals surface area (Å²) < 4.78 is 0. The van der Waals surface area contributed by atoms with Gasteiger partial charge < -0.3 is 10.8 Å². The molecular weight excluding hydrogens is 230 g/mol. The predicted molar refractivity (Wildman–Crippen MR) is 63.5 cm³/mol. The van der Waals surface area contributed by atoms with E-state index in [2.05, 4.69) is 0 Å². The Morgan fingerprint density at radius 2 is 2.00 bits per heavy atom. The van der Waals surface area contributed by atoms with Gasteiger partial charge in [0.05, 0.1) is 0 Å². The summed E-state index contributed by atoms with van der Waals surface area (Å²) >= 11 is 5.73. The van der Waals surface area contributed by atoms with Gasteiger partial charge in [0, 0.05) is 10.7 Å². The molecule has 0 aromatic heterocycles. The maximum atomic E-state index is 9.87. The van der Waals surface area contributed by atoms with Crippen LogP contribution in [0.25, 0.3) is 0 Å². The highest BCUT2D eigenvalue weighted by molar-refractivity contribution is 6.31. The van der Waals surface area contributed by atoms with Crippen molar-refractivity contribution in [2.24, 2.45) is 0 Å². The number of carboxylic acids is 1. The molecule has 0 spiro atoms. The van der Waals surface area contributed by atoms with Crippen molar-refractivity contribution < 1.29 is 14.7 Å². The minimum absolute atomic E-state index is 0.312. The summed E-state index contributed by atoms with van der Waals surface area (Å²) in [6, 6.07) is 5.43. The summed E-state index contributed by atoms with van der Waals surface area (Å²) in [5.41, 5.74) is 7.25. The van der Waals surface area contributed by atoms with Crippen LogP contribution >= 0.6 is 11.6 Å². The van der Waals surface area contributed by atoms with Gasteiger partial charge in [0.15, 0.2) is 0 Å².